The molecule has 2 rings (SSSR count). The number of methoxy groups -OCH3 is 2. The minimum absolute atomic E-state index is 0.0663. The summed E-state index contributed by atoms with van der Waals surface area (Å²) in [5.41, 5.74) is 0.575. The summed E-state index contributed by atoms with van der Waals surface area (Å²) < 4.78 is 34.6. The van der Waals surface area contributed by atoms with Crippen LogP contribution in [-0.2, 0) is 10.0 Å². The molecule has 0 radical (unpaired) electrons. The molecule has 0 atom stereocenters. The summed E-state index contributed by atoms with van der Waals surface area (Å²) in [6.45, 7) is 0. The lowest BCUT2D eigenvalue weighted by molar-refractivity contribution is 0.354. The zero-order valence-electron chi connectivity index (χ0n) is 12.5. The number of hydrazone groups is 1. The average Bonchev–Trinajstić information content (AvgIpc) is 2.54. The van der Waals surface area contributed by atoms with Crippen LogP contribution in [0.5, 0.6) is 11.5 Å². The van der Waals surface area contributed by atoms with Crippen LogP contribution < -0.4 is 14.3 Å². The minimum atomic E-state index is -3.76. The van der Waals surface area contributed by atoms with Crippen LogP contribution >= 0.6 is 11.6 Å². The zero-order valence-corrected chi connectivity index (χ0v) is 14.1. The zero-order chi connectivity index (χ0) is 16.9. The molecule has 0 aromatic heterocycles. The topological polar surface area (TPSA) is 77.0 Å². The Morgan fingerprint density at radius 2 is 1.78 bits per heavy atom. The second kappa shape index (κ2) is 7.34. The number of nitrogens with zero attached hydrogens (tertiary/aromatic N) is 1. The summed E-state index contributed by atoms with van der Waals surface area (Å²) in [5.74, 6) is 0.987. The van der Waals surface area contributed by atoms with Crippen molar-refractivity contribution < 1.29 is 17.9 Å². The van der Waals surface area contributed by atoms with Crippen molar-refractivity contribution in [3.63, 3.8) is 0 Å². The molecule has 0 spiro atoms. The van der Waals surface area contributed by atoms with E-state index < -0.39 is 10.0 Å². The largest absolute Gasteiger partial charge is 0.493 e. The monoisotopic (exact) mass is 354 g/mol. The van der Waals surface area contributed by atoms with Crippen molar-refractivity contribution in [2.24, 2.45) is 5.10 Å². The minimum Gasteiger partial charge on any atom is -0.493 e. The molecule has 1 N–H and O–H groups in total. The van der Waals surface area contributed by atoms with Gasteiger partial charge >= 0.3 is 0 Å². The summed E-state index contributed by atoms with van der Waals surface area (Å²) in [5, 5.41) is 4.22. The number of hydrogen-bond acceptors (Lipinski definition) is 5. The first-order chi connectivity index (χ1) is 11.0. The summed E-state index contributed by atoms with van der Waals surface area (Å²) in [4.78, 5) is 2.20. The average molecular weight is 355 g/mol. The van der Waals surface area contributed by atoms with Crippen LogP contribution in [0.1, 0.15) is 5.56 Å². The number of ether oxygens (including phenoxy) is 2. The fraction of sp³-hybridized carbons (Fsp3) is 0.133. The van der Waals surface area contributed by atoms with Crippen molar-refractivity contribution >= 4 is 27.8 Å². The third-order valence-corrected chi connectivity index (χ3v) is 4.42. The van der Waals surface area contributed by atoms with Crippen molar-refractivity contribution in [2.75, 3.05) is 14.2 Å². The van der Waals surface area contributed by atoms with Crippen LogP contribution in [0.2, 0.25) is 5.02 Å². The normalized spacial score (nSPS) is 11.4. The Balaban J connectivity index is 2.20. The number of para-hydroxylation sites is 1. The number of halogens is 1. The van der Waals surface area contributed by atoms with E-state index in [1.54, 1.807) is 18.2 Å². The van der Waals surface area contributed by atoms with E-state index in [2.05, 4.69) is 9.93 Å². The highest BCUT2D eigenvalue weighted by atomic mass is 35.5. The fourth-order valence-electron chi connectivity index (χ4n) is 1.85. The molecule has 2 aromatic rings. The molecule has 0 amide bonds. The van der Waals surface area contributed by atoms with Crippen LogP contribution in [0.15, 0.2) is 52.5 Å². The Bertz CT molecular complexity index is 805. The van der Waals surface area contributed by atoms with Gasteiger partial charge in [0, 0.05) is 10.6 Å². The number of hydrogen-bond donors (Lipinski definition) is 1. The maximum Gasteiger partial charge on any atom is 0.276 e. The molecule has 2 aromatic carbocycles. The molecule has 0 aliphatic carbocycles. The third-order valence-electron chi connectivity index (χ3n) is 2.93. The van der Waals surface area contributed by atoms with E-state index in [9.17, 15) is 8.42 Å². The smallest absolute Gasteiger partial charge is 0.276 e. The van der Waals surface area contributed by atoms with Crippen LogP contribution in [0.3, 0.4) is 0 Å². The van der Waals surface area contributed by atoms with Gasteiger partial charge < -0.3 is 9.47 Å². The van der Waals surface area contributed by atoms with Crippen molar-refractivity contribution in [1.29, 1.82) is 0 Å². The summed E-state index contributed by atoms with van der Waals surface area (Å²) in [6.07, 6.45) is 1.34. The van der Waals surface area contributed by atoms with E-state index in [1.165, 1.54) is 44.7 Å². The van der Waals surface area contributed by atoms with Gasteiger partial charge in [-0.15, -0.1) is 0 Å². The molecule has 0 unspecified atom stereocenters. The Morgan fingerprint density at radius 3 is 2.39 bits per heavy atom. The van der Waals surface area contributed by atoms with Gasteiger partial charge in [-0.25, -0.2) is 4.83 Å². The molecule has 122 valence electrons. The van der Waals surface area contributed by atoms with Crippen molar-refractivity contribution in [3.8, 4) is 11.5 Å². The number of sulfonamides is 1. The van der Waals surface area contributed by atoms with Gasteiger partial charge in [0.2, 0.25) is 0 Å². The predicted octanol–water partition coefficient (Wildman–Crippen LogP) is 2.67. The number of benzene rings is 2. The fourth-order valence-corrected chi connectivity index (χ4v) is 2.76. The number of nitrogens with one attached hydrogen (secondary N) is 1. The highest BCUT2D eigenvalue weighted by Crippen LogP contribution is 2.29. The lowest BCUT2D eigenvalue weighted by Gasteiger charge is -2.09. The summed E-state index contributed by atoms with van der Waals surface area (Å²) in [6, 6.07) is 11.0. The van der Waals surface area contributed by atoms with E-state index in [4.69, 9.17) is 21.1 Å². The second-order valence-electron chi connectivity index (χ2n) is 4.39. The highest BCUT2D eigenvalue weighted by molar-refractivity contribution is 7.89. The summed E-state index contributed by atoms with van der Waals surface area (Å²) >= 11 is 5.74. The molecule has 8 heteroatoms. The summed E-state index contributed by atoms with van der Waals surface area (Å²) in [7, 11) is -0.752. The van der Waals surface area contributed by atoms with Crippen molar-refractivity contribution in [3.05, 3.63) is 53.1 Å². The molecule has 0 saturated carbocycles. The maximum atomic E-state index is 12.1. The van der Waals surface area contributed by atoms with Gasteiger partial charge in [0.25, 0.3) is 10.0 Å². The molecule has 0 aliphatic rings. The Kier molecular flexibility index (Phi) is 5.46. The van der Waals surface area contributed by atoms with Gasteiger partial charge in [0.05, 0.1) is 25.3 Å². The Labute approximate surface area is 139 Å². The standard InChI is InChI=1S/C15H15ClN2O4S/c1-21-14-5-3-4-11(15(14)22-2)10-17-18-23(19,20)13-8-6-12(16)7-9-13/h3-10,18H,1-2H3/b17-10-. The lowest BCUT2D eigenvalue weighted by atomic mass is 10.2. The highest BCUT2D eigenvalue weighted by Gasteiger charge is 2.12. The van der Waals surface area contributed by atoms with Crippen LogP contribution in [0.25, 0.3) is 0 Å². The van der Waals surface area contributed by atoms with Gasteiger partial charge in [-0.2, -0.15) is 13.5 Å². The lowest BCUT2D eigenvalue weighted by Crippen LogP contribution is -2.18. The SMILES string of the molecule is COc1cccc(/C=N\NS(=O)(=O)c2ccc(Cl)cc2)c1OC. The van der Waals surface area contributed by atoms with Crippen LogP contribution in [0, 0.1) is 0 Å². The molecule has 0 heterocycles. The van der Waals surface area contributed by atoms with Crippen LogP contribution in [0.4, 0.5) is 0 Å². The quantitative estimate of drug-likeness (QED) is 0.639. The van der Waals surface area contributed by atoms with E-state index in [0.717, 1.165) is 0 Å². The Hall–Kier alpha value is -2.25. The molecule has 23 heavy (non-hydrogen) atoms. The van der Waals surface area contributed by atoms with Crippen LogP contribution in [-0.4, -0.2) is 28.9 Å². The maximum absolute atomic E-state index is 12.1. The molecule has 0 aliphatic heterocycles. The second-order valence-corrected chi connectivity index (χ2v) is 6.49. The van der Waals surface area contributed by atoms with E-state index in [1.807, 2.05) is 0 Å². The van der Waals surface area contributed by atoms with Crippen molar-refractivity contribution in [2.45, 2.75) is 4.90 Å². The molecule has 0 fully saturated rings. The van der Waals surface area contributed by atoms with E-state index in [0.29, 0.717) is 22.1 Å². The predicted molar refractivity (Wildman–Crippen MR) is 88.9 cm³/mol. The van der Waals surface area contributed by atoms with E-state index in [-0.39, 0.29) is 4.90 Å². The van der Waals surface area contributed by atoms with Gasteiger partial charge in [-0.1, -0.05) is 17.7 Å². The third kappa shape index (κ3) is 4.14. The van der Waals surface area contributed by atoms with E-state index >= 15 is 0 Å². The first-order valence-corrected chi connectivity index (χ1v) is 8.35. The molecular weight excluding hydrogens is 340 g/mol. The number of rotatable bonds is 6. The van der Waals surface area contributed by atoms with Gasteiger partial charge in [0.1, 0.15) is 0 Å². The first kappa shape index (κ1) is 17.1. The molecule has 6 nitrogen and oxygen atoms in total. The first-order valence-electron chi connectivity index (χ1n) is 6.49. The molecular formula is C15H15ClN2O4S. The molecule has 0 bridgehead atoms. The van der Waals surface area contributed by atoms with Gasteiger partial charge in [-0.05, 0) is 36.4 Å². The van der Waals surface area contributed by atoms with Gasteiger partial charge in [-0.3, -0.25) is 0 Å². The Morgan fingerprint density at radius 1 is 1.09 bits per heavy atom. The van der Waals surface area contributed by atoms with Crippen molar-refractivity contribution in [1.82, 2.24) is 4.83 Å². The van der Waals surface area contributed by atoms with Gasteiger partial charge in [0.15, 0.2) is 11.5 Å². The molecule has 0 saturated heterocycles.